The standard InChI is InChI=1S/C28H29N5O6S/c1-35-21-11-12-22(36-2)19(13-21)16-29-30-25(34)17-40-28-32-31-27(33(28)20-9-7-6-8-10-20)18-14-23(37-3)26(39-5)24(15-18)38-4/h6-16H,17H2,1-5H3,(H,30,34)/b29-16+. The molecule has 1 heterocycles. The van der Waals surface area contributed by atoms with Crippen LogP contribution in [-0.4, -0.2) is 68.2 Å². The molecule has 4 rings (SSSR count). The first-order chi connectivity index (χ1) is 19.5. The topological polar surface area (TPSA) is 118 Å². The Morgan fingerprint density at radius 1 is 0.875 bits per heavy atom. The zero-order valence-electron chi connectivity index (χ0n) is 22.7. The van der Waals surface area contributed by atoms with E-state index in [0.717, 1.165) is 5.69 Å². The minimum absolute atomic E-state index is 0.0484. The van der Waals surface area contributed by atoms with Gasteiger partial charge >= 0.3 is 0 Å². The number of carbonyl (C=O) groups is 1. The Labute approximate surface area is 236 Å². The molecule has 1 aromatic heterocycles. The van der Waals surface area contributed by atoms with Crippen LogP contribution in [0.15, 0.2) is 70.9 Å². The maximum atomic E-state index is 12.6. The van der Waals surface area contributed by atoms with Crippen molar-refractivity contribution in [3.63, 3.8) is 0 Å². The second-order valence-electron chi connectivity index (χ2n) is 8.08. The number of hydrazone groups is 1. The van der Waals surface area contributed by atoms with Gasteiger partial charge in [-0.2, -0.15) is 5.10 Å². The van der Waals surface area contributed by atoms with Crippen LogP contribution in [0.1, 0.15) is 5.56 Å². The van der Waals surface area contributed by atoms with E-state index >= 15 is 0 Å². The Balaban J connectivity index is 1.57. The van der Waals surface area contributed by atoms with Crippen LogP contribution >= 0.6 is 11.8 Å². The Bertz CT molecular complexity index is 1470. The molecule has 0 aliphatic heterocycles. The Morgan fingerprint density at radius 2 is 1.57 bits per heavy atom. The van der Waals surface area contributed by atoms with Crippen LogP contribution in [0.4, 0.5) is 0 Å². The smallest absolute Gasteiger partial charge is 0.250 e. The lowest BCUT2D eigenvalue weighted by Crippen LogP contribution is -2.20. The largest absolute Gasteiger partial charge is 0.497 e. The van der Waals surface area contributed by atoms with Gasteiger partial charge in [-0.3, -0.25) is 9.36 Å². The summed E-state index contributed by atoms with van der Waals surface area (Å²) in [6, 6.07) is 18.5. The summed E-state index contributed by atoms with van der Waals surface area (Å²) in [6.07, 6.45) is 1.50. The average molecular weight is 564 g/mol. The molecular weight excluding hydrogens is 534 g/mol. The van der Waals surface area contributed by atoms with E-state index in [1.807, 2.05) is 34.9 Å². The second-order valence-corrected chi connectivity index (χ2v) is 9.02. The number of thioether (sulfide) groups is 1. The van der Waals surface area contributed by atoms with Crippen molar-refractivity contribution in [3.8, 4) is 45.8 Å². The van der Waals surface area contributed by atoms with Crippen LogP contribution in [0.2, 0.25) is 0 Å². The van der Waals surface area contributed by atoms with Gasteiger partial charge in [0.2, 0.25) is 5.75 Å². The molecule has 0 bridgehead atoms. The summed E-state index contributed by atoms with van der Waals surface area (Å²) in [6.45, 7) is 0. The minimum Gasteiger partial charge on any atom is -0.497 e. The lowest BCUT2D eigenvalue weighted by Gasteiger charge is -2.15. The summed E-state index contributed by atoms with van der Waals surface area (Å²) in [5.41, 5.74) is 4.72. The number of aromatic nitrogens is 3. The van der Waals surface area contributed by atoms with Crippen LogP contribution in [0.3, 0.4) is 0 Å². The molecule has 0 saturated heterocycles. The van der Waals surface area contributed by atoms with Crippen LogP contribution in [0, 0.1) is 0 Å². The molecule has 12 heteroatoms. The predicted molar refractivity (Wildman–Crippen MR) is 152 cm³/mol. The normalized spacial score (nSPS) is 10.8. The Hall–Kier alpha value is -4.71. The molecule has 0 saturated carbocycles. The van der Waals surface area contributed by atoms with Crippen molar-refractivity contribution in [1.82, 2.24) is 20.2 Å². The van der Waals surface area contributed by atoms with Crippen LogP contribution in [0.25, 0.3) is 17.1 Å². The van der Waals surface area contributed by atoms with Gasteiger partial charge in [0.05, 0.1) is 47.5 Å². The molecule has 208 valence electrons. The summed E-state index contributed by atoms with van der Waals surface area (Å²) in [7, 11) is 7.78. The van der Waals surface area contributed by atoms with E-state index in [4.69, 9.17) is 23.7 Å². The van der Waals surface area contributed by atoms with E-state index in [1.54, 1.807) is 65.9 Å². The third kappa shape index (κ3) is 6.29. The fraction of sp³-hybridized carbons (Fsp3) is 0.214. The number of hydrogen-bond acceptors (Lipinski definition) is 10. The van der Waals surface area contributed by atoms with E-state index in [9.17, 15) is 4.79 Å². The van der Waals surface area contributed by atoms with Crippen molar-refractivity contribution in [2.24, 2.45) is 5.10 Å². The third-order valence-electron chi connectivity index (χ3n) is 5.73. The highest BCUT2D eigenvalue weighted by atomic mass is 32.2. The van der Waals surface area contributed by atoms with E-state index < -0.39 is 0 Å². The fourth-order valence-corrected chi connectivity index (χ4v) is 4.59. The van der Waals surface area contributed by atoms with Crippen LogP contribution < -0.4 is 29.1 Å². The molecule has 40 heavy (non-hydrogen) atoms. The van der Waals surface area contributed by atoms with Gasteiger partial charge in [0, 0.05) is 16.8 Å². The lowest BCUT2D eigenvalue weighted by atomic mass is 10.1. The van der Waals surface area contributed by atoms with E-state index in [2.05, 4.69) is 20.7 Å². The molecule has 1 N–H and O–H groups in total. The molecule has 0 atom stereocenters. The molecule has 0 spiro atoms. The highest BCUT2D eigenvalue weighted by Gasteiger charge is 2.21. The van der Waals surface area contributed by atoms with Gasteiger partial charge in [0.15, 0.2) is 22.5 Å². The first-order valence-corrected chi connectivity index (χ1v) is 13.0. The van der Waals surface area contributed by atoms with E-state index in [0.29, 0.717) is 50.9 Å². The number of carbonyl (C=O) groups excluding carboxylic acids is 1. The van der Waals surface area contributed by atoms with Crippen LogP contribution in [-0.2, 0) is 4.79 Å². The molecule has 3 aromatic carbocycles. The summed E-state index contributed by atoms with van der Waals surface area (Å²) >= 11 is 1.22. The van der Waals surface area contributed by atoms with Gasteiger partial charge in [0.1, 0.15) is 11.5 Å². The number of hydrogen-bond donors (Lipinski definition) is 1. The van der Waals surface area contributed by atoms with E-state index in [1.165, 1.54) is 18.0 Å². The number of nitrogens with zero attached hydrogens (tertiary/aromatic N) is 4. The molecule has 11 nitrogen and oxygen atoms in total. The summed E-state index contributed by atoms with van der Waals surface area (Å²) in [4.78, 5) is 12.6. The number of benzene rings is 3. The first kappa shape index (κ1) is 28.3. The van der Waals surface area contributed by atoms with Crippen molar-refractivity contribution in [3.05, 3.63) is 66.2 Å². The molecule has 0 fully saturated rings. The number of ether oxygens (including phenoxy) is 5. The van der Waals surface area contributed by atoms with E-state index in [-0.39, 0.29) is 11.7 Å². The Morgan fingerprint density at radius 3 is 2.20 bits per heavy atom. The van der Waals surface area contributed by atoms with Gasteiger partial charge in [-0.15, -0.1) is 10.2 Å². The zero-order chi connectivity index (χ0) is 28.5. The number of rotatable bonds is 12. The van der Waals surface area contributed by atoms with Gasteiger partial charge in [0.25, 0.3) is 5.91 Å². The number of para-hydroxylation sites is 1. The van der Waals surface area contributed by atoms with Crippen LogP contribution in [0.5, 0.6) is 28.7 Å². The van der Waals surface area contributed by atoms with Gasteiger partial charge in [-0.05, 0) is 42.5 Å². The summed E-state index contributed by atoms with van der Waals surface area (Å²) in [5, 5.41) is 13.4. The molecule has 0 aliphatic carbocycles. The minimum atomic E-state index is -0.319. The van der Waals surface area contributed by atoms with Crippen molar-refractivity contribution >= 4 is 23.9 Å². The maximum absolute atomic E-state index is 12.6. The molecular formula is C28H29N5O6S. The second kappa shape index (κ2) is 13.4. The SMILES string of the molecule is COc1ccc(OC)c(/C=N/NC(=O)CSc2nnc(-c3cc(OC)c(OC)c(OC)c3)n2-c2ccccc2)c1. The van der Waals surface area contributed by atoms with Gasteiger partial charge in [-0.25, -0.2) is 5.43 Å². The highest BCUT2D eigenvalue weighted by molar-refractivity contribution is 7.99. The van der Waals surface area contributed by atoms with Gasteiger partial charge < -0.3 is 23.7 Å². The van der Waals surface area contributed by atoms with Crippen molar-refractivity contribution in [2.45, 2.75) is 5.16 Å². The monoisotopic (exact) mass is 563 g/mol. The Kier molecular flexibility index (Phi) is 9.47. The zero-order valence-corrected chi connectivity index (χ0v) is 23.5. The highest BCUT2D eigenvalue weighted by Crippen LogP contribution is 2.41. The summed E-state index contributed by atoms with van der Waals surface area (Å²) < 4.78 is 28.9. The predicted octanol–water partition coefficient (Wildman–Crippen LogP) is 4.22. The first-order valence-electron chi connectivity index (χ1n) is 12.0. The van der Waals surface area contributed by atoms with Crippen molar-refractivity contribution in [2.75, 3.05) is 41.3 Å². The molecule has 4 aromatic rings. The molecule has 0 aliphatic rings. The number of methoxy groups -OCH3 is 5. The number of nitrogens with one attached hydrogen (secondary N) is 1. The summed E-state index contributed by atoms with van der Waals surface area (Å²) in [5.74, 6) is 2.95. The molecule has 0 radical (unpaired) electrons. The molecule has 0 unspecified atom stereocenters. The van der Waals surface area contributed by atoms with Gasteiger partial charge in [-0.1, -0.05) is 30.0 Å². The van der Waals surface area contributed by atoms with Crippen molar-refractivity contribution < 1.29 is 28.5 Å². The average Bonchev–Trinajstić information content (AvgIpc) is 3.43. The lowest BCUT2D eigenvalue weighted by molar-refractivity contribution is -0.118. The molecule has 1 amide bonds. The third-order valence-corrected chi connectivity index (χ3v) is 6.66. The number of amides is 1. The maximum Gasteiger partial charge on any atom is 0.250 e. The fourth-order valence-electron chi connectivity index (χ4n) is 3.85. The quantitative estimate of drug-likeness (QED) is 0.154. The van der Waals surface area contributed by atoms with Crippen molar-refractivity contribution in [1.29, 1.82) is 0 Å².